The Hall–Kier alpha value is -3.50. The van der Waals surface area contributed by atoms with Crippen LogP contribution in [0.15, 0.2) is 70.5 Å². The molecule has 1 aromatic rings. The molecule has 0 radical (unpaired) electrons. The van der Waals surface area contributed by atoms with Crippen molar-refractivity contribution in [1.82, 2.24) is 5.01 Å². The number of allylic oxidation sites excluding steroid dienone is 5. The Kier molecular flexibility index (Phi) is 7.29. The molecule has 0 bridgehead atoms. The fourth-order valence-corrected chi connectivity index (χ4v) is 4.02. The van der Waals surface area contributed by atoms with Crippen molar-refractivity contribution in [2.45, 2.75) is 20.3 Å². The molecule has 2 aliphatic heterocycles. The predicted molar refractivity (Wildman–Crippen MR) is 122 cm³/mol. The third-order valence-corrected chi connectivity index (χ3v) is 5.83. The first-order chi connectivity index (χ1) is 15.5. The lowest BCUT2D eigenvalue weighted by molar-refractivity contribution is -0.306. The number of benzene rings is 1. The molecule has 2 heterocycles. The quantitative estimate of drug-likeness (QED) is 0.412. The maximum atomic E-state index is 12.4. The number of fused-ring (bicyclic) bond motifs is 1. The first-order valence-corrected chi connectivity index (χ1v) is 11.8. The summed E-state index contributed by atoms with van der Waals surface area (Å²) in [6.45, 7) is 3.14. The molecule has 33 heavy (non-hydrogen) atoms. The van der Waals surface area contributed by atoms with Crippen LogP contribution < -0.4 is 10.0 Å². The van der Waals surface area contributed by atoms with E-state index in [0.29, 0.717) is 17.8 Å². The third kappa shape index (κ3) is 6.27. The molecule has 0 unspecified atom stereocenters. The first kappa shape index (κ1) is 24.1. The van der Waals surface area contributed by atoms with E-state index in [2.05, 4.69) is 5.10 Å². The van der Waals surface area contributed by atoms with Gasteiger partial charge in [-0.15, -0.1) is 0 Å². The number of carboxylic acid groups (broad SMARTS) is 1. The Balaban J connectivity index is 1.84. The lowest BCUT2D eigenvalue weighted by Gasteiger charge is -2.30. The summed E-state index contributed by atoms with van der Waals surface area (Å²) in [6.07, 6.45) is 9.26. The Bertz CT molecular complexity index is 1220. The van der Waals surface area contributed by atoms with Crippen LogP contribution in [-0.2, 0) is 19.7 Å². The van der Waals surface area contributed by atoms with Crippen molar-refractivity contribution in [3.8, 4) is 0 Å². The molecule has 2 aliphatic rings. The van der Waals surface area contributed by atoms with Gasteiger partial charge < -0.3 is 19.4 Å². The zero-order chi connectivity index (χ0) is 24.2. The molecular formula is C23H23N3O6S-2. The summed E-state index contributed by atoms with van der Waals surface area (Å²) < 4.78 is 33.1. The van der Waals surface area contributed by atoms with Crippen molar-refractivity contribution >= 4 is 39.5 Å². The van der Waals surface area contributed by atoms with E-state index in [1.165, 1.54) is 0 Å². The summed E-state index contributed by atoms with van der Waals surface area (Å²) in [5.74, 6) is -2.36. The van der Waals surface area contributed by atoms with Gasteiger partial charge in [-0.3, -0.25) is 4.79 Å². The van der Waals surface area contributed by atoms with E-state index < -0.39 is 34.3 Å². The molecule has 0 atom stereocenters. The molecule has 10 heteroatoms. The molecule has 0 saturated heterocycles. The van der Waals surface area contributed by atoms with Crippen LogP contribution in [0.1, 0.15) is 25.8 Å². The van der Waals surface area contributed by atoms with E-state index in [-0.39, 0.29) is 6.42 Å². The summed E-state index contributed by atoms with van der Waals surface area (Å²) in [6, 6.07) is 7.64. The van der Waals surface area contributed by atoms with Crippen LogP contribution in [0.2, 0.25) is 0 Å². The highest BCUT2D eigenvalue weighted by Crippen LogP contribution is 2.31. The number of anilines is 1. The maximum absolute atomic E-state index is 12.4. The fourth-order valence-electron chi connectivity index (χ4n) is 3.54. The van der Waals surface area contributed by atoms with Crippen LogP contribution in [0, 0.1) is 0 Å². The Labute approximate surface area is 192 Å². The first-order valence-electron chi connectivity index (χ1n) is 10.2. The molecule has 0 saturated carbocycles. The monoisotopic (exact) mass is 469 g/mol. The van der Waals surface area contributed by atoms with Gasteiger partial charge in [0.15, 0.2) is 0 Å². The zero-order valence-electron chi connectivity index (χ0n) is 18.2. The Morgan fingerprint density at radius 1 is 1.21 bits per heavy atom. The number of carbonyl (C=O) groups excluding carboxylic acids is 2. The number of hydrogen-bond acceptors (Lipinski definition) is 8. The topological polar surface area (TPSA) is 133 Å². The van der Waals surface area contributed by atoms with Gasteiger partial charge in [0.2, 0.25) is 0 Å². The van der Waals surface area contributed by atoms with Gasteiger partial charge in [0.25, 0.3) is 5.91 Å². The minimum Gasteiger partial charge on any atom is -0.748 e. The second-order valence-electron chi connectivity index (χ2n) is 7.64. The minimum atomic E-state index is -4.30. The van der Waals surface area contributed by atoms with Gasteiger partial charge in [-0.1, -0.05) is 35.9 Å². The number of rotatable bonds is 8. The molecule has 1 aromatic carbocycles. The number of para-hydroxylation sites is 1. The van der Waals surface area contributed by atoms with Gasteiger partial charge in [-0.05, 0) is 50.1 Å². The molecule has 0 aromatic heterocycles. The number of carbonyl (C=O) groups is 2. The number of amides is 1. The predicted octanol–water partition coefficient (Wildman–Crippen LogP) is 1.18. The van der Waals surface area contributed by atoms with Crippen molar-refractivity contribution in [3.05, 3.63) is 71.0 Å². The van der Waals surface area contributed by atoms with Crippen LogP contribution in [-0.4, -0.2) is 54.4 Å². The van der Waals surface area contributed by atoms with Crippen molar-refractivity contribution in [1.29, 1.82) is 0 Å². The second kappa shape index (κ2) is 9.97. The van der Waals surface area contributed by atoms with E-state index in [1.807, 2.05) is 47.4 Å². The van der Waals surface area contributed by atoms with Crippen molar-refractivity contribution < 1.29 is 27.7 Å². The molecule has 9 nitrogen and oxygen atoms in total. The number of hydrazone groups is 1. The largest absolute Gasteiger partial charge is 0.748 e. The number of nitrogens with zero attached hydrogens (tertiary/aromatic N) is 3. The molecule has 174 valence electrons. The standard InChI is InChI=1S/C23H25N3O6S/c1-16(14-20-17(2)24-26(23(20)29)15-22(27)28)8-10-19-11-9-18-6-3-4-7-21(18)25(19)12-5-13-33(30,31)32/h3-4,6-11,14H,5,12-13,15H2,1-2H3,(H,27,28)(H,30,31,32)/p-2/b16-8-,19-10?,20-14-. The van der Waals surface area contributed by atoms with Crippen molar-refractivity contribution in [3.63, 3.8) is 0 Å². The smallest absolute Gasteiger partial charge is 0.276 e. The van der Waals surface area contributed by atoms with Crippen molar-refractivity contribution in [2.75, 3.05) is 23.7 Å². The van der Waals surface area contributed by atoms with Crippen LogP contribution in [0.25, 0.3) is 6.08 Å². The van der Waals surface area contributed by atoms with Gasteiger partial charge in [0.05, 0.1) is 33.9 Å². The van der Waals surface area contributed by atoms with E-state index >= 15 is 0 Å². The number of hydrogen-bond donors (Lipinski definition) is 0. The average molecular weight is 470 g/mol. The summed E-state index contributed by atoms with van der Waals surface area (Å²) in [5, 5.41) is 15.6. The van der Waals surface area contributed by atoms with Crippen LogP contribution in [0.5, 0.6) is 0 Å². The lowest BCUT2D eigenvalue weighted by atomic mass is 10.0. The van der Waals surface area contributed by atoms with Crippen LogP contribution in [0.4, 0.5) is 5.69 Å². The van der Waals surface area contributed by atoms with Gasteiger partial charge in [-0.2, -0.15) is 5.10 Å². The Morgan fingerprint density at radius 3 is 2.64 bits per heavy atom. The molecule has 0 spiro atoms. The van der Waals surface area contributed by atoms with Gasteiger partial charge in [0, 0.05) is 23.7 Å². The number of aliphatic carboxylic acids is 1. The highest BCUT2D eigenvalue weighted by molar-refractivity contribution is 7.85. The van der Waals surface area contributed by atoms with Gasteiger partial charge >= 0.3 is 0 Å². The number of carboxylic acids is 1. The normalized spacial score (nSPS) is 18.8. The molecule has 1 amide bonds. The zero-order valence-corrected chi connectivity index (χ0v) is 19.0. The summed E-state index contributed by atoms with van der Waals surface area (Å²) in [7, 11) is -4.30. The van der Waals surface area contributed by atoms with E-state index in [4.69, 9.17) is 0 Å². The summed E-state index contributed by atoms with van der Waals surface area (Å²) >= 11 is 0. The highest BCUT2D eigenvalue weighted by atomic mass is 32.2. The maximum Gasteiger partial charge on any atom is 0.276 e. The highest BCUT2D eigenvalue weighted by Gasteiger charge is 2.27. The van der Waals surface area contributed by atoms with Gasteiger partial charge in [0.1, 0.15) is 0 Å². The van der Waals surface area contributed by atoms with Crippen molar-refractivity contribution in [2.24, 2.45) is 5.10 Å². The van der Waals surface area contributed by atoms with Gasteiger partial charge in [-0.25, -0.2) is 13.4 Å². The SMILES string of the molecule is CC1=NN(CC(=O)[O-])C(=O)/C1=C\C(C)=C/C=C1C=Cc2ccccc2N1CCCS(=O)(=O)[O-]. The van der Waals surface area contributed by atoms with E-state index in [9.17, 15) is 27.7 Å². The van der Waals surface area contributed by atoms with E-state index in [1.54, 1.807) is 26.0 Å². The second-order valence-corrected chi connectivity index (χ2v) is 9.16. The van der Waals surface area contributed by atoms with E-state index in [0.717, 1.165) is 27.5 Å². The lowest BCUT2D eigenvalue weighted by Crippen LogP contribution is -2.36. The fraction of sp³-hybridized carbons (Fsp3) is 0.261. The van der Waals surface area contributed by atoms with Crippen LogP contribution in [0.3, 0.4) is 0 Å². The Morgan fingerprint density at radius 2 is 1.94 bits per heavy atom. The van der Waals surface area contributed by atoms with Crippen LogP contribution >= 0.6 is 0 Å². The molecule has 0 aliphatic carbocycles. The summed E-state index contributed by atoms with van der Waals surface area (Å²) in [5.41, 5.74) is 4.09. The molecule has 3 rings (SSSR count). The third-order valence-electron chi connectivity index (χ3n) is 5.04. The molecule has 0 N–H and O–H groups in total. The summed E-state index contributed by atoms with van der Waals surface area (Å²) in [4.78, 5) is 25.1. The average Bonchev–Trinajstić information content (AvgIpc) is 2.98. The minimum absolute atomic E-state index is 0.177. The molecular weight excluding hydrogens is 446 g/mol. The molecule has 0 fully saturated rings.